The van der Waals surface area contributed by atoms with Crippen LogP contribution in [0.5, 0.6) is 0 Å². The third kappa shape index (κ3) is 6.31. The Balaban J connectivity index is 1.13. The minimum atomic E-state index is -0.335. The molecule has 0 aliphatic rings. The molecule has 6 rings (SSSR count). The maximum absolute atomic E-state index is 13.6. The molecule has 0 radical (unpaired) electrons. The Kier molecular flexibility index (Phi) is 7.95. The van der Waals surface area contributed by atoms with E-state index in [2.05, 4.69) is 25.6 Å². The summed E-state index contributed by atoms with van der Waals surface area (Å²) < 4.78 is 0. The molecule has 3 heterocycles. The molecule has 0 aliphatic heterocycles. The number of rotatable bonds is 9. The maximum Gasteiger partial charge on any atom is 0.272 e. The lowest BCUT2D eigenvalue weighted by Crippen LogP contribution is -2.43. The van der Waals surface area contributed by atoms with Gasteiger partial charge in [-0.25, -0.2) is 15.0 Å². The van der Waals surface area contributed by atoms with Crippen LogP contribution in [0.3, 0.4) is 0 Å². The molecule has 0 fully saturated rings. The Morgan fingerprint density at radius 2 is 0.860 bits per heavy atom. The fourth-order valence-corrected chi connectivity index (χ4v) is 4.84. The Morgan fingerprint density at radius 3 is 1.30 bits per heavy atom. The first-order valence-electron chi connectivity index (χ1n) is 14.0. The van der Waals surface area contributed by atoms with Crippen molar-refractivity contribution in [2.24, 2.45) is 0 Å². The second kappa shape index (κ2) is 12.4. The minimum Gasteiger partial charge on any atom is -0.349 e. The summed E-state index contributed by atoms with van der Waals surface area (Å²) >= 11 is 0. The van der Waals surface area contributed by atoms with Gasteiger partial charge in [-0.3, -0.25) is 14.4 Å². The lowest BCUT2D eigenvalue weighted by atomic mass is 10.2. The highest BCUT2D eigenvalue weighted by molar-refractivity contribution is 5.97. The number of nitrogens with zero attached hydrogens (tertiary/aromatic N) is 4. The summed E-state index contributed by atoms with van der Waals surface area (Å²) in [6, 6.07) is 33.3. The van der Waals surface area contributed by atoms with E-state index in [1.54, 1.807) is 23.1 Å². The smallest absolute Gasteiger partial charge is 0.272 e. The van der Waals surface area contributed by atoms with Gasteiger partial charge in [-0.15, -0.1) is 0 Å². The number of hydrogen-bond acceptors (Lipinski definition) is 6. The Bertz CT molecular complexity index is 1880. The monoisotopic (exact) mass is 568 g/mol. The highest BCUT2D eigenvalue weighted by Crippen LogP contribution is 2.15. The van der Waals surface area contributed by atoms with E-state index < -0.39 is 0 Å². The number of pyridine rings is 3. The summed E-state index contributed by atoms with van der Waals surface area (Å²) in [5.41, 5.74) is 3.03. The topological polar surface area (TPSA) is 117 Å². The molecule has 0 saturated heterocycles. The summed E-state index contributed by atoms with van der Waals surface area (Å²) in [5, 5.41) is 8.53. The molecule has 0 unspecified atom stereocenters. The number of carbonyl (C=O) groups excluding carboxylic acids is 3. The second-order valence-corrected chi connectivity index (χ2v) is 9.97. The highest BCUT2D eigenvalue weighted by atomic mass is 16.2. The molecular weight excluding hydrogens is 540 g/mol. The van der Waals surface area contributed by atoms with E-state index >= 15 is 0 Å². The van der Waals surface area contributed by atoms with Crippen molar-refractivity contribution in [3.63, 3.8) is 0 Å². The van der Waals surface area contributed by atoms with Crippen LogP contribution < -0.4 is 10.6 Å². The third-order valence-corrected chi connectivity index (χ3v) is 7.10. The lowest BCUT2D eigenvalue weighted by Gasteiger charge is -2.23. The molecule has 2 N–H and O–H groups in total. The van der Waals surface area contributed by atoms with Crippen molar-refractivity contribution in [2.45, 2.75) is 0 Å². The normalized spacial score (nSPS) is 11.0. The average Bonchev–Trinajstić information content (AvgIpc) is 3.06. The number of nitrogens with one attached hydrogen (secondary N) is 2. The van der Waals surface area contributed by atoms with Crippen LogP contribution in [0.2, 0.25) is 0 Å². The first-order valence-corrected chi connectivity index (χ1v) is 14.0. The van der Waals surface area contributed by atoms with Crippen molar-refractivity contribution in [3.8, 4) is 0 Å². The van der Waals surface area contributed by atoms with Gasteiger partial charge in [-0.2, -0.15) is 0 Å². The maximum atomic E-state index is 13.6. The van der Waals surface area contributed by atoms with Gasteiger partial charge in [-0.05, 0) is 36.4 Å². The summed E-state index contributed by atoms with van der Waals surface area (Å²) in [7, 11) is 0. The van der Waals surface area contributed by atoms with Crippen molar-refractivity contribution in [2.75, 3.05) is 26.2 Å². The largest absolute Gasteiger partial charge is 0.349 e. The number of para-hydroxylation sites is 3. The van der Waals surface area contributed by atoms with Gasteiger partial charge in [0.25, 0.3) is 17.7 Å². The van der Waals surface area contributed by atoms with Crippen molar-refractivity contribution in [1.29, 1.82) is 0 Å². The molecule has 0 bridgehead atoms. The van der Waals surface area contributed by atoms with Crippen LogP contribution in [0.15, 0.2) is 109 Å². The molecule has 212 valence electrons. The van der Waals surface area contributed by atoms with E-state index in [9.17, 15) is 14.4 Å². The molecule has 3 amide bonds. The summed E-state index contributed by atoms with van der Waals surface area (Å²) in [5.74, 6) is -0.975. The summed E-state index contributed by atoms with van der Waals surface area (Å²) in [4.78, 5) is 54.3. The van der Waals surface area contributed by atoms with Gasteiger partial charge in [0.1, 0.15) is 17.1 Å². The third-order valence-electron chi connectivity index (χ3n) is 7.10. The molecular formula is C34H28N6O3. The van der Waals surface area contributed by atoms with E-state index in [-0.39, 0.29) is 49.6 Å². The van der Waals surface area contributed by atoms with Crippen LogP contribution in [-0.2, 0) is 0 Å². The molecule has 0 spiro atoms. The van der Waals surface area contributed by atoms with E-state index in [1.807, 2.05) is 91.0 Å². The van der Waals surface area contributed by atoms with Crippen LogP contribution in [-0.4, -0.2) is 63.8 Å². The Hall–Kier alpha value is -5.70. The van der Waals surface area contributed by atoms with Crippen LogP contribution in [0.1, 0.15) is 31.5 Å². The standard InChI is InChI=1S/C34H28N6O3/c41-32(29-16-13-23-7-1-4-10-26(23)37-29)35-19-21-40(34(43)31-18-15-25-9-3-6-12-28(25)39-31)22-20-36-33(42)30-17-14-24-8-2-5-11-27(24)38-30/h1-18H,19-22H2,(H,35,41)(H,36,42). The molecule has 9 heteroatoms. The molecule has 6 aromatic rings. The predicted molar refractivity (Wildman–Crippen MR) is 166 cm³/mol. The Labute approximate surface area is 247 Å². The van der Waals surface area contributed by atoms with Crippen LogP contribution in [0, 0.1) is 0 Å². The molecule has 3 aromatic carbocycles. The first kappa shape index (κ1) is 27.5. The fourth-order valence-electron chi connectivity index (χ4n) is 4.84. The van der Waals surface area contributed by atoms with Crippen LogP contribution in [0.25, 0.3) is 32.7 Å². The number of fused-ring (bicyclic) bond motifs is 3. The van der Waals surface area contributed by atoms with Crippen molar-refractivity contribution < 1.29 is 14.4 Å². The van der Waals surface area contributed by atoms with Crippen molar-refractivity contribution in [3.05, 3.63) is 126 Å². The molecule has 0 saturated carbocycles. The minimum absolute atomic E-state index is 0.187. The van der Waals surface area contributed by atoms with E-state index in [0.717, 1.165) is 27.2 Å². The summed E-state index contributed by atoms with van der Waals surface area (Å²) in [6.07, 6.45) is 0. The molecule has 43 heavy (non-hydrogen) atoms. The van der Waals surface area contributed by atoms with Crippen molar-refractivity contribution in [1.82, 2.24) is 30.5 Å². The molecule has 0 atom stereocenters. The van der Waals surface area contributed by atoms with Crippen molar-refractivity contribution >= 4 is 50.4 Å². The predicted octanol–water partition coefficient (Wildman–Crippen LogP) is 4.63. The van der Waals surface area contributed by atoms with Gasteiger partial charge in [0, 0.05) is 42.3 Å². The van der Waals surface area contributed by atoms with Crippen LogP contribution >= 0.6 is 0 Å². The highest BCUT2D eigenvalue weighted by Gasteiger charge is 2.19. The Morgan fingerprint density at radius 1 is 0.488 bits per heavy atom. The number of benzene rings is 3. The lowest BCUT2D eigenvalue weighted by molar-refractivity contribution is 0.0737. The van der Waals surface area contributed by atoms with E-state index in [0.29, 0.717) is 16.9 Å². The number of carbonyl (C=O) groups is 3. The van der Waals surface area contributed by atoms with Gasteiger partial charge in [-0.1, -0.05) is 72.8 Å². The molecule has 0 aliphatic carbocycles. The summed E-state index contributed by atoms with van der Waals surface area (Å²) in [6.45, 7) is 0.785. The second-order valence-electron chi connectivity index (χ2n) is 9.97. The number of aromatic nitrogens is 3. The van der Waals surface area contributed by atoms with Gasteiger partial charge in [0.15, 0.2) is 0 Å². The van der Waals surface area contributed by atoms with Gasteiger partial charge < -0.3 is 15.5 Å². The van der Waals surface area contributed by atoms with E-state index in [1.165, 1.54) is 0 Å². The number of amides is 3. The zero-order valence-corrected chi connectivity index (χ0v) is 23.2. The van der Waals surface area contributed by atoms with Crippen LogP contribution in [0.4, 0.5) is 0 Å². The fraction of sp³-hybridized carbons (Fsp3) is 0.118. The average molecular weight is 569 g/mol. The molecule has 9 nitrogen and oxygen atoms in total. The molecule has 3 aromatic heterocycles. The van der Waals surface area contributed by atoms with Gasteiger partial charge in [0.05, 0.1) is 16.6 Å². The number of hydrogen-bond donors (Lipinski definition) is 2. The zero-order valence-electron chi connectivity index (χ0n) is 23.2. The van der Waals surface area contributed by atoms with E-state index in [4.69, 9.17) is 0 Å². The quantitative estimate of drug-likeness (QED) is 0.263. The SMILES string of the molecule is O=C(NCCN(CCNC(=O)c1ccc2ccccc2n1)C(=O)c1ccc2ccccc2n1)c1ccc2ccccc2n1. The van der Waals surface area contributed by atoms with Gasteiger partial charge >= 0.3 is 0 Å². The zero-order chi connectivity index (χ0) is 29.6. The van der Waals surface area contributed by atoms with Gasteiger partial charge in [0.2, 0.25) is 0 Å². The first-order chi connectivity index (χ1) is 21.0.